The fraction of sp³-hybridized carbons (Fsp3) is 0.389. The van der Waals surface area contributed by atoms with E-state index < -0.39 is 0 Å². The van der Waals surface area contributed by atoms with Gasteiger partial charge in [0.2, 0.25) is 0 Å². The second-order valence-corrected chi connectivity index (χ2v) is 6.82. The number of H-pyrrole nitrogens is 1. The molecule has 6 heteroatoms. The van der Waals surface area contributed by atoms with E-state index in [0.717, 1.165) is 31.0 Å². The summed E-state index contributed by atoms with van der Waals surface area (Å²) in [4.78, 5) is 32.2. The molecular weight excluding hydrogens is 309 g/mol. The van der Waals surface area contributed by atoms with Crippen LogP contribution in [0.15, 0.2) is 41.5 Å². The summed E-state index contributed by atoms with van der Waals surface area (Å²) < 4.78 is 13.6. The molecule has 0 radical (unpaired) electrons. The Morgan fingerprint density at radius 2 is 2.17 bits per heavy atom. The summed E-state index contributed by atoms with van der Waals surface area (Å²) in [5.41, 5.74) is 0.799. The monoisotopic (exact) mass is 327 g/mol. The van der Waals surface area contributed by atoms with Gasteiger partial charge in [0, 0.05) is 19.0 Å². The highest BCUT2D eigenvalue weighted by molar-refractivity contribution is 5.92. The van der Waals surface area contributed by atoms with Crippen LogP contribution in [-0.2, 0) is 0 Å². The molecule has 124 valence electrons. The molecule has 2 aliphatic rings. The zero-order valence-electron chi connectivity index (χ0n) is 13.2. The summed E-state index contributed by atoms with van der Waals surface area (Å²) >= 11 is 0. The quantitative estimate of drug-likeness (QED) is 0.920. The predicted molar refractivity (Wildman–Crippen MR) is 86.2 cm³/mol. The molecule has 1 aliphatic heterocycles. The van der Waals surface area contributed by atoms with E-state index in [9.17, 15) is 14.0 Å². The summed E-state index contributed by atoms with van der Waals surface area (Å²) in [6.07, 6.45) is 5.75. The third-order valence-corrected chi connectivity index (χ3v) is 5.42. The molecule has 1 aliphatic carbocycles. The van der Waals surface area contributed by atoms with E-state index >= 15 is 0 Å². The van der Waals surface area contributed by atoms with Crippen molar-refractivity contribution in [1.82, 2.24) is 14.9 Å². The summed E-state index contributed by atoms with van der Waals surface area (Å²) in [5, 5.41) is 0. The lowest BCUT2D eigenvalue weighted by molar-refractivity contribution is 0.0719. The molecule has 4 rings (SSSR count). The molecule has 1 spiro atoms. The van der Waals surface area contributed by atoms with Crippen molar-refractivity contribution in [2.45, 2.75) is 25.2 Å². The average Bonchev–Trinajstić information content (AvgIpc) is 2.95. The SMILES string of the molecule is O=C(c1cncc(=O)[nH]1)N1C[C@H](c2cccc(F)c2)C2(CCC2)C1. The van der Waals surface area contributed by atoms with Crippen molar-refractivity contribution >= 4 is 5.91 Å². The van der Waals surface area contributed by atoms with Gasteiger partial charge in [0.15, 0.2) is 0 Å². The first-order valence-corrected chi connectivity index (χ1v) is 8.16. The lowest BCUT2D eigenvalue weighted by Crippen LogP contribution is -2.38. The van der Waals surface area contributed by atoms with E-state index in [4.69, 9.17) is 0 Å². The van der Waals surface area contributed by atoms with E-state index in [1.165, 1.54) is 12.3 Å². The molecule has 5 nitrogen and oxygen atoms in total. The number of aromatic amines is 1. The van der Waals surface area contributed by atoms with Crippen LogP contribution >= 0.6 is 0 Å². The zero-order valence-corrected chi connectivity index (χ0v) is 13.2. The standard InChI is InChI=1S/C18H18FN3O2/c19-13-4-1-3-12(7-13)14-10-22(11-18(14)5-2-6-18)17(24)15-8-20-9-16(23)21-15/h1,3-4,7-9,14H,2,5-6,10-11H2,(H,21,23)/t14-/m1/s1. The minimum absolute atomic E-state index is 0.0337. The normalized spacial score (nSPS) is 21.7. The topological polar surface area (TPSA) is 66.1 Å². The Balaban J connectivity index is 1.64. The number of nitrogens with zero attached hydrogens (tertiary/aromatic N) is 2. The minimum atomic E-state index is -0.389. The predicted octanol–water partition coefficient (Wildman–Crippen LogP) is 2.32. The van der Waals surface area contributed by atoms with Crippen molar-refractivity contribution in [3.8, 4) is 0 Å². The van der Waals surface area contributed by atoms with Crippen LogP contribution in [0.4, 0.5) is 4.39 Å². The van der Waals surface area contributed by atoms with Crippen LogP contribution in [0.5, 0.6) is 0 Å². The number of carbonyl (C=O) groups is 1. The van der Waals surface area contributed by atoms with Gasteiger partial charge in [0.05, 0.1) is 12.4 Å². The first kappa shape index (κ1) is 15.1. The van der Waals surface area contributed by atoms with Gasteiger partial charge in [-0.1, -0.05) is 18.6 Å². The summed E-state index contributed by atoms with van der Waals surface area (Å²) in [7, 11) is 0. The third-order valence-electron chi connectivity index (χ3n) is 5.42. The smallest absolute Gasteiger partial charge is 0.272 e. The van der Waals surface area contributed by atoms with Crippen LogP contribution in [0.1, 0.15) is 41.2 Å². The number of carbonyl (C=O) groups excluding carboxylic acids is 1. The molecule has 1 atom stereocenters. The number of amides is 1. The molecule has 1 amide bonds. The number of likely N-dealkylation sites (tertiary alicyclic amines) is 1. The molecule has 1 aromatic heterocycles. The van der Waals surface area contributed by atoms with Crippen LogP contribution < -0.4 is 5.56 Å². The Hall–Kier alpha value is -2.50. The molecule has 1 N–H and O–H groups in total. The van der Waals surface area contributed by atoms with Crippen LogP contribution in [-0.4, -0.2) is 33.9 Å². The molecule has 0 unspecified atom stereocenters. The third kappa shape index (κ3) is 2.42. The molecule has 2 heterocycles. The largest absolute Gasteiger partial charge is 0.336 e. The first-order valence-electron chi connectivity index (χ1n) is 8.16. The Bertz CT molecular complexity index is 844. The summed E-state index contributed by atoms with van der Waals surface area (Å²) in [6.45, 7) is 1.18. The highest BCUT2D eigenvalue weighted by Crippen LogP contribution is 2.55. The molecule has 2 aromatic rings. The Morgan fingerprint density at radius 1 is 1.33 bits per heavy atom. The number of rotatable bonds is 2. The van der Waals surface area contributed by atoms with Crippen molar-refractivity contribution in [3.63, 3.8) is 0 Å². The van der Waals surface area contributed by atoms with Crippen LogP contribution in [0, 0.1) is 11.2 Å². The molecule has 0 bridgehead atoms. The van der Waals surface area contributed by atoms with E-state index in [0.29, 0.717) is 13.1 Å². The number of aromatic nitrogens is 2. The molecule has 1 saturated carbocycles. The van der Waals surface area contributed by atoms with Crippen LogP contribution in [0.2, 0.25) is 0 Å². The zero-order chi connectivity index (χ0) is 16.7. The van der Waals surface area contributed by atoms with Crippen molar-refractivity contribution < 1.29 is 9.18 Å². The highest BCUT2D eigenvalue weighted by atomic mass is 19.1. The van der Waals surface area contributed by atoms with Crippen molar-refractivity contribution in [3.05, 3.63) is 64.1 Å². The van der Waals surface area contributed by atoms with E-state index in [-0.39, 0.29) is 34.3 Å². The molecule has 1 aromatic carbocycles. The lowest BCUT2D eigenvalue weighted by atomic mass is 9.61. The number of hydrogen-bond acceptors (Lipinski definition) is 3. The maximum absolute atomic E-state index is 13.6. The van der Waals surface area contributed by atoms with E-state index in [2.05, 4.69) is 9.97 Å². The van der Waals surface area contributed by atoms with Gasteiger partial charge in [-0.05, 0) is 36.0 Å². The van der Waals surface area contributed by atoms with E-state index in [1.54, 1.807) is 17.0 Å². The molecule has 2 fully saturated rings. The Kier molecular flexibility index (Phi) is 3.48. The molecule has 1 saturated heterocycles. The number of benzene rings is 1. The molecule has 24 heavy (non-hydrogen) atoms. The maximum atomic E-state index is 13.6. The van der Waals surface area contributed by atoms with Gasteiger partial charge < -0.3 is 9.88 Å². The van der Waals surface area contributed by atoms with Gasteiger partial charge in [-0.3, -0.25) is 14.6 Å². The second kappa shape index (κ2) is 5.54. The molecular formula is C18H18FN3O2. The fourth-order valence-electron chi connectivity index (χ4n) is 4.10. The second-order valence-electron chi connectivity index (χ2n) is 6.82. The van der Waals surface area contributed by atoms with Gasteiger partial charge in [0.1, 0.15) is 11.5 Å². The van der Waals surface area contributed by atoms with Crippen molar-refractivity contribution in [2.75, 3.05) is 13.1 Å². The Morgan fingerprint density at radius 3 is 2.83 bits per heavy atom. The van der Waals surface area contributed by atoms with Gasteiger partial charge in [0.25, 0.3) is 11.5 Å². The minimum Gasteiger partial charge on any atom is -0.336 e. The number of nitrogens with one attached hydrogen (secondary N) is 1. The fourth-order valence-corrected chi connectivity index (χ4v) is 4.10. The van der Waals surface area contributed by atoms with Gasteiger partial charge in [-0.2, -0.15) is 0 Å². The lowest BCUT2D eigenvalue weighted by Gasteiger charge is -2.43. The summed E-state index contributed by atoms with van der Waals surface area (Å²) in [5.74, 6) is -0.331. The van der Waals surface area contributed by atoms with Crippen LogP contribution in [0.25, 0.3) is 0 Å². The van der Waals surface area contributed by atoms with E-state index in [1.807, 2.05) is 6.07 Å². The number of hydrogen-bond donors (Lipinski definition) is 1. The van der Waals surface area contributed by atoms with Crippen LogP contribution in [0.3, 0.4) is 0 Å². The maximum Gasteiger partial charge on any atom is 0.272 e. The highest BCUT2D eigenvalue weighted by Gasteiger charge is 2.52. The Labute approximate surface area is 138 Å². The van der Waals surface area contributed by atoms with Gasteiger partial charge in [-0.15, -0.1) is 0 Å². The number of halogens is 1. The van der Waals surface area contributed by atoms with Gasteiger partial charge >= 0.3 is 0 Å². The van der Waals surface area contributed by atoms with Crippen molar-refractivity contribution in [2.24, 2.45) is 5.41 Å². The summed E-state index contributed by atoms with van der Waals surface area (Å²) in [6, 6.07) is 6.67. The van der Waals surface area contributed by atoms with Gasteiger partial charge in [-0.25, -0.2) is 4.39 Å². The average molecular weight is 327 g/mol. The first-order chi connectivity index (χ1) is 11.6. The van der Waals surface area contributed by atoms with Crippen molar-refractivity contribution in [1.29, 1.82) is 0 Å².